The molecule has 1 amide bonds. The molecule has 0 N–H and O–H groups in total. The van der Waals surface area contributed by atoms with Gasteiger partial charge in [-0.25, -0.2) is 18.4 Å². The third-order valence-electron chi connectivity index (χ3n) is 5.83. The second kappa shape index (κ2) is 8.69. The number of piperidine rings is 1. The molecule has 160 valence electrons. The number of aromatic nitrogens is 2. The summed E-state index contributed by atoms with van der Waals surface area (Å²) in [6.07, 6.45) is 6.19. The van der Waals surface area contributed by atoms with Crippen molar-refractivity contribution < 1.29 is 13.2 Å². The largest absolute Gasteiger partial charge is 0.337 e. The van der Waals surface area contributed by atoms with E-state index in [1.165, 1.54) is 6.07 Å². The monoisotopic (exact) mass is 429 g/mol. The van der Waals surface area contributed by atoms with Gasteiger partial charge in [0.15, 0.2) is 0 Å². The summed E-state index contributed by atoms with van der Waals surface area (Å²) in [7, 11) is -3.60. The molecule has 0 unspecified atom stereocenters. The molecule has 2 fully saturated rings. The van der Waals surface area contributed by atoms with Gasteiger partial charge in [0.2, 0.25) is 16.0 Å². The Morgan fingerprint density at radius 1 is 1.00 bits per heavy atom. The van der Waals surface area contributed by atoms with Crippen LogP contribution in [0.4, 0.5) is 5.95 Å². The fraction of sp³-hybridized carbons (Fsp3) is 0.476. The molecule has 0 spiro atoms. The van der Waals surface area contributed by atoms with Gasteiger partial charge in [-0.15, -0.1) is 0 Å². The molecule has 2 aromatic rings. The SMILES string of the molecule is C[C@H]1CCCCN1S(=O)(=O)c1cccc(C(=O)N2CCN(c3ncccn3)CC2)c1. The number of rotatable bonds is 4. The van der Waals surface area contributed by atoms with Gasteiger partial charge in [0, 0.05) is 56.7 Å². The molecule has 0 saturated carbocycles. The van der Waals surface area contributed by atoms with Gasteiger partial charge in [-0.2, -0.15) is 4.31 Å². The van der Waals surface area contributed by atoms with E-state index in [9.17, 15) is 13.2 Å². The maximum absolute atomic E-state index is 13.1. The molecule has 8 nitrogen and oxygen atoms in total. The van der Waals surface area contributed by atoms with E-state index in [2.05, 4.69) is 9.97 Å². The summed E-state index contributed by atoms with van der Waals surface area (Å²) in [5, 5.41) is 0. The molecule has 0 bridgehead atoms. The summed E-state index contributed by atoms with van der Waals surface area (Å²) < 4.78 is 27.8. The predicted molar refractivity (Wildman–Crippen MR) is 114 cm³/mol. The predicted octanol–water partition coefficient (Wildman–Crippen LogP) is 2.00. The first-order valence-corrected chi connectivity index (χ1v) is 11.8. The Labute approximate surface area is 177 Å². The number of sulfonamides is 1. The van der Waals surface area contributed by atoms with E-state index in [0.717, 1.165) is 19.3 Å². The molecular formula is C21H27N5O3S. The van der Waals surface area contributed by atoms with Gasteiger partial charge in [-0.05, 0) is 44.0 Å². The van der Waals surface area contributed by atoms with E-state index in [1.54, 1.807) is 45.9 Å². The quantitative estimate of drug-likeness (QED) is 0.739. The Morgan fingerprint density at radius 3 is 2.43 bits per heavy atom. The number of piperazine rings is 1. The molecule has 2 saturated heterocycles. The number of nitrogens with zero attached hydrogens (tertiary/aromatic N) is 5. The molecule has 1 aromatic heterocycles. The molecule has 30 heavy (non-hydrogen) atoms. The highest BCUT2D eigenvalue weighted by Crippen LogP contribution is 2.26. The van der Waals surface area contributed by atoms with E-state index in [4.69, 9.17) is 0 Å². The second-order valence-corrected chi connectivity index (χ2v) is 9.71. The molecule has 2 aliphatic rings. The van der Waals surface area contributed by atoms with Crippen LogP contribution in [0.1, 0.15) is 36.5 Å². The van der Waals surface area contributed by atoms with Crippen LogP contribution in [0.2, 0.25) is 0 Å². The van der Waals surface area contributed by atoms with Crippen LogP contribution in [0.15, 0.2) is 47.6 Å². The standard InChI is InChI=1S/C21H27N5O3S/c1-17-6-2-3-11-26(17)30(28,29)19-8-4-7-18(16-19)20(27)24-12-14-25(15-13-24)21-22-9-5-10-23-21/h4-5,7-10,16-17H,2-3,6,11-15H2,1H3/t17-/m0/s1. The number of benzene rings is 1. The van der Waals surface area contributed by atoms with E-state index in [0.29, 0.717) is 44.2 Å². The maximum Gasteiger partial charge on any atom is 0.254 e. The lowest BCUT2D eigenvalue weighted by Crippen LogP contribution is -2.49. The average Bonchev–Trinajstić information content (AvgIpc) is 2.79. The molecule has 0 radical (unpaired) electrons. The van der Waals surface area contributed by atoms with Crippen molar-refractivity contribution in [2.24, 2.45) is 0 Å². The van der Waals surface area contributed by atoms with Crippen LogP contribution in [-0.4, -0.2) is 72.3 Å². The minimum atomic E-state index is -3.60. The molecular weight excluding hydrogens is 402 g/mol. The van der Waals surface area contributed by atoms with E-state index in [1.807, 2.05) is 11.8 Å². The fourth-order valence-corrected chi connectivity index (χ4v) is 5.85. The van der Waals surface area contributed by atoms with Crippen LogP contribution in [0.3, 0.4) is 0 Å². The molecule has 9 heteroatoms. The van der Waals surface area contributed by atoms with Gasteiger partial charge in [-0.1, -0.05) is 12.5 Å². The first kappa shape index (κ1) is 20.7. The van der Waals surface area contributed by atoms with Crippen molar-refractivity contribution in [2.45, 2.75) is 37.1 Å². The van der Waals surface area contributed by atoms with Gasteiger partial charge < -0.3 is 9.80 Å². The molecule has 1 aromatic carbocycles. The number of hydrogen-bond acceptors (Lipinski definition) is 6. The lowest BCUT2D eigenvalue weighted by atomic mass is 10.1. The highest BCUT2D eigenvalue weighted by Gasteiger charge is 2.32. The van der Waals surface area contributed by atoms with Gasteiger partial charge >= 0.3 is 0 Å². The third-order valence-corrected chi connectivity index (χ3v) is 7.84. The van der Waals surface area contributed by atoms with Crippen molar-refractivity contribution in [1.29, 1.82) is 0 Å². The molecule has 3 heterocycles. The van der Waals surface area contributed by atoms with Crippen molar-refractivity contribution in [2.75, 3.05) is 37.6 Å². The molecule has 4 rings (SSSR count). The van der Waals surface area contributed by atoms with Crippen LogP contribution in [0, 0.1) is 0 Å². The molecule has 0 aliphatic carbocycles. The Bertz CT molecular complexity index is 991. The summed E-state index contributed by atoms with van der Waals surface area (Å²) in [5.41, 5.74) is 0.408. The highest BCUT2D eigenvalue weighted by molar-refractivity contribution is 7.89. The van der Waals surface area contributed by atoms with Gasteiger partial charge in [0.25, 0.3) is 5.91 Å². The summed E-state index contributed by atoms with van der Waals surface area (Å²) in [6, 6.07) is 8.20. The van der Waals surface area contributed by atoms with Crippen LogP contribution in [0.5, 0.6) is 0 Å². The topological polar surface area (TPSA) is 86.7 Å². The van der Waals surface area contributed by atoms with Crippen LogP contribution < -0.4 is 4.90 Å². The Hall–Kier alpha value is -2.52. The normalized spacial score (nSPS) is 20.9. The first-order chi connectivity index (χ1) is 14.5. The molecule has 1 atom stereocenters. The third kappa shape index (κ3) is 4.17. The van der Waals surface area contributed by atoms with Crippen molar-refractivity contribution >= 4 is 21.9 Å². The summed E-state index contributed by atoms with van der Waals surface area (Å²) >= 11 is 0. The lowest BCUT2D eigenvalue weighted by molar-refractivity contribution is 0.0746. The number of amides is 1. The van der Waals surface area contributed by atoms with Gasteiger partial charge in [0.05, 0.1) is 4.90 Å². The number of carbonyl (C=O) groups excluding carboxylic acids is 1. The summed E-state index contributed by atoms with van der Waals surface area (Å²) in [6.45, 7) is 4.83. The van der Waals surface area contributed by atoms with Gasteiger partial charge in [0.1, 0.15) is 0 Å². The molecule has 2 aliphatic heterocycles. The summed E-state index contributed by atoms with van der Waals surface area (Å²) in [4.78, 5) is 25.5. The van der Waals surface area contributed by atoms with Crippen molar-refractivity contribution in [3.63, 3.8) is 0 Å². The average molecular weight is 430 g/mol. The van der Waals surface area contributed by atoms with E-state index in [-0.39, 0.29) is 16.8 Å². The maximum atomic E-state index is 13.1. The smallest absolute Gasteiger partial charge is 0.254 e. The van der Waals surface area contributed by atoms with Crippen LogP contribution >= 0.6 is 0 Å². The van der Waals surface area contributed by atoms with E-state index < -0.39 is 10.0 Å². The Balaban J connectivity index is 1.47. The second-order valence-electron chi connectivity index (χ2n) is 7.82. The van der Waals surface area contributed by atoms with Crippen molar-refractivity contribution in [1.82, 2.24) is 19.2 Å². The Morgan fingerprint density at radius 2 is 1.73 bits per heavy atom. The van der Waals surface area contributed by atoms with Crippen LogP contribution in [0.25, 0.3) is 0 Å². The minimum Gasteiger partial charge on any atom is -0.337 e. The zero-order chi connectivity index (χ0) is 21.1. The highest BCUT2D eigenvalue weighted by atomic mass is 32.2. The number of hydrogen-bond donors (Lipinski definition) is 0. The van der Waals surface area contributed by atoms with Crippen LogP contribution in [-0.2, 0) is 10.0 Å². The summed E-state index contributed by atoms with van der Waals surface area (Å²) in [5.74, 6) is 0.515. The Kier molecular flexibility index (Phi) is 6.01. The zero-order valence-electron chi connectivity index (χ0n) is 17.1. The minimum absolute atomic E-state index is 0.0172. The first-order valence-electron chi connectivity index (χ1n) is 10.4. The van der Waals surface area contributed by atoms with Crippen molar-refractivity contribution in [3.8, 4) is 0 Å². The zero-order valence-corrected chi connectivity index (χ0v) is 18.0. The van der Waals surface area contributed by atoms with Gasteiger partial charge in [-0.3, -0.25) is 4.79 Å². The number of anilines is 1. The fourth-order valence-electron chi connectivity index (χ4n) is 4.10. The number of carbonyl (C=O) groups is 1. The van der Waals surface area contributed by atoms with Crippen molar-refractivity contribution in [3.05, 3.63) is 48.3 Å². The van der Waals surface area contributed by atoms with E-state index >= 15 is 0 Å². The lowest BCUT2D eigenvalue weighted by Gasteiger charge is -2.35.